The molecule has 0 unspecified atom stereocenters. The molecule has 1 aromatic heterocycles. The van der Waals surface area contributed by atoms with Gasteiger partial charge in [-0.05, 0) is 25.3 Å². The van der Waals surface area contributed by atoms with Gasteiger partial charge in [-0.1, -0.05) is 0 Å². The zero-order valence-corrected chi connectivity index (χ0v) is 9.76. The van der Waals surface area contributed by atoms with Gasteiger partial charge in [-0.25, -0.2) is 4.79 Å². The van der Waals surface area contributed by atoms with Crippen LogP contribution in [-0.4, -0.2) is 24.0 Å². The van der Waals surface area contributed by atoms with E-state index in [0.717, 1.165) is 36.2 Å². The second-order valence-electron chi connectivity index (χ2n) is 4.28. The van der Waals surface area contributed by atoms with Crippen molar-refractivity contribution in [2.45, 2.75) is 25.8 Å². The Kier molecular flexibility index (Phi) is 3.80. The highest BCUT2D eigenvalue weighted by molar-refractivity contribution is 5.74. The predicted octanol–water partition coefficient (Wildman–Crippen LogP) is 1.02. The number of carbonyl (C=O) groups excluding carboxylic acids is 1. The molecule has 1 aliphatic heterocycles. The lowest BCUT2D eigenvalue weighted by Gasteiger charge is -2.26. The summed E-state index contributed by atoms with van der Waals surface area (Å²) in [7, 11) is 0. The van der Waals surface area contributed by atoms with E-state index in [-0.39, 0.29) is 6.03 Å². The first kappa shape index (κ1) is 11.7. The maximum Gasteiger partial charge on any atom is 0.317 e. The van der Waals surface area contributed by atoms with Gasteiger partial charge >= 0.3 is 6.03 Å². The molecule has 0 aromatic carbocycles. The fourth-order valence-electron chi connectivity index (χ4n) is 1.99. The van der Waals surface area contributed by atoms with Crippen LogP contribution in [0.25, 0.3) is 0 Å². The molecular formula is C12H17N3O2. The molecule has 1 fully saturated rings. The van der Waals surface area contributed by atoms with E-state index in [1.807, 2.05) is 11.0 Å². The molecule has 0 radical (unpaired) electrons. The SMILES string of the molecule is O=C(NCc1ccc[n+]([O-])c1)N1CCCCC1. The van der Waals surface area contributed by atoms with E-state index in [2.05, 4.69) is 5.32 Å². The Morgan fingerprint density at radius 3 is 2.88 bits per heavy atom. The average molecular weight is 235 g/mol. The minimum absolute atomic E-state index is 0.0361. The van der Waals surface area contributed by atoms with Gasteiger partial charge in [0.15, 0.2) is 12.4 Å². The maximum atomic E-state index is 11.8. The van der Waals surface area contributed by atoms with Crippen molar-refractivity contribution in [2.75, 3.05) is 13.1 Å². The fourth-order valence-corrected chi connectivity index (χ4v) is 1.99. The van der Waals surface area contributed by atoms with Gasteiger partial charge in [0.05, 0.1) is 6.54 Å². The summed E-state index contributed by atoms with van der Waals surface area (Å²) in [5.74, 6) is 0. The van der Waals surface area contributed by atoms with Crippen molar-refractivity contribution >= 4 is 6.03 Å². The number of rotatable bonds is 2. The number of hydrogen-bond acceptors (Lipinski definition) is 2. The minimum Gasteiger partial charge on any atom is -0.619 e. The van der Waals surface area contributed by atoms with Gasteiger partial charge in [-0.3, -0.25) is 0 Å². The quantitative estimate of drug-likeness (QED) is 0.614. The van der Waals surface area contributed by atoms with Crippen molar-refractivity contribution < 1.29 is 9.52 Å². The summed E-state index contributed by atoms with van der Waals surface area (Å²) < 4.78 is 0.738. The number of pyridine rings is 1. The molecule has 5 heteroatoms. The first-order valence-electron chi connectivity index (χ1n) is 5.96. The third kappa shape index (κ3) is 3.34. The molecule has 0 saturated carbocycles. The number of urea groups is 1. The van der Waals surface area contributed by atoms with Crippen LogP contribution in [-0.2, 0) is 6.54 Å². The molecule has 2 rings (SSSR count). The Morgan fingerprint density at radius 2 is 2.18 bits per heavy atom. The number of likely N-dealkylation sites (tertiary alicyclic amines) is 1. The number of hydrogen-bond donors (Lipinski definition) is 1. The third-order valence-corrected chi connectivity index (χ3v) is 2.92. The number of nitrogens with one attached hydrogen (secondary N) is 1. The number of piperidine rings is 1. The fraction of sp³-hybridized carbons (Fsp3) is 0.500. The van der Waals surface area contributed by atoms with Crippen molar-refractivity contribution in [1.82, 2.24) is 10.2 Å². The second-order valence-corrected chi connectivity index (χ2v) is 4.28. The molecule has 1 aliphatic rings. The Bertz CT molecular complexity index is 389. The molecule has 0 bridgehead atoms. The Morgan fingerprint density at radius 1 is 1.41 bits per heavy atom. The monoisotopic (exact) mass is 235 g/mol. The molecule has 1 aromatic rings. The molecule has 5 nitrogen and oxygen atoms in total. The summed E-state index contributed by atoms with van der Waals surface area (Å²) in [5.41, 5.74) is 0.813. The zero-order valence-electron chi connectivity index (χ0n) is 9.76. The number of amides is 2. The van der Waals surface area contributed by atoms with Gasteiger partial charge < -0.3 is 15.4 Å². The van der Waals surface area contributed by atoms with Gasteiger partial charge in [0.2, 0.25) is 0 Å². The number of carbonyl (C=O) groups is 1. The normalized spacial score (nSPS) is 15.6. The van der Waals surface area contributed by atoms with Crippen LogP contribution in [0.4, 0.5) is 4.79 Å². The minimum atomic E-state index is -0.0361. The third-order valence-electron chi connectivity index (χ3n) is 2.92. The highest BCUT2D eigenvalue weighted by Gasteiger charge is 2.15. The summed E-state index contributed by atoms with van der Waals surface area (Å²) in [4.78, 5) is 13.6. The van der Waals surface area contributed by atoms with E-state index in [1.165, 1.54) is 18.8 Å². The first-order chi connectivity index (χ1) is 8.25. The van der Waals surface area contributed by atoms with E-state index in [9.17, 15) is 10.0 Å². The summed E-state index contributed by atoms with van der Waals surface area (Å²) in [5, 5.41) is 13.9. The van der Waals surface area contributed by atoms with E-state index in [4.69, 9.17) is 0 Å². The number of aromatic nitrogens is 1. The Labute approximate surface area is 101 Å². The topological polar surface area (TPSA) is 59.3 Å². The van der Waals surface area contributed by atoms with Crippen LogP contribution in [0.2, 0.25) is 0 Å². The molecule has 92 valence electrons. The van der Waals surface area contributed by atoms with Crippen LogP contribution in [0.15, 0.2) is 24.5 Å². The number of nitrogens with zero attached hydrogens (tertiary/aromatic N) is 2. The van der Waals surface area contributed by atoms with Crippen molar-refractivity contribution in [3.63, 3.8) is 0 Å². The molecule has 17 heavy (non-hydrogen) atoms. The van der Waals surface area contributed by atoms with Crippen LogP contribution < -0.4 is 10.0 Å². The van der Waals surface area contributed by atoms with Crippen LogP contribution in [0.3, 0.4) is 0 Å². The highest BCUT2D eigenvalue weighted by atomic mass is 16.5. The van der Waals surface area contributed by atoms with Gasteiger partial charge in [0.1, 0.15) is 0 Å². The molecule has 1 saturated heterocycles. The van der Waals surface area contributed by atoms with Gasteiger partial charge in [0, 0.05) is 24.7 Å². The summed E-state index contributed by atoms with van der Waals surface area (Å²) >= 11 is 0. The van der Waals surface area contributed by atoms with E-state index >= 15 is 0 Å². The van der Waals surface area contributed by atoms with Crippen LogP contribution in [0.5, 0.6) is 0 Å². The van der Waals surface area contributed by atoms with Crippen molar-refractivity contribution in [1.29, 1.82) is 0 Å². The Hall–Kier alpha value is -1.78. The van der Waals surface area contributed by atoms with Crippen LogP contribution >= 0.6 is 0 Å². The van der Waals surface area contributed by atoms with Gasteiger partial charge in [0.25, 0.3) is 0 Å². The van der Waals surface area contributed by atoms with E-state index in [1.54, 1.807) is 6.07 Å². The molecule has 2 heterocycles. The lowest BCUT2D eigenvalue weighted by Crippen LogP contribution is -2.42. The maximum absolute atomic E-state index is 11.8. The molecule has 1 N–H and O–H groups in total. The smallest absolute Gasteiger partial charge is 0.317 e. The average Bonchev–Trinajstić information content (AvgIpc) is 2.37. The highest BCUT2D eigenvalue weighted by Crippen LogP contribution is 2.08. The van der Waals surface area contributed by atoms with Crippen LogP contribution in [0.1, 0.15) is 24.8 Å². The lowest BCUT2D eigenvalue weighted by atomic mass is 10.1. The van der Waals surface area contributed by atoms with E-state index in [0.29, 0.717) is 6.54 Å². The van der Waals surface area contributed by atoms with Crippen molar-refractivity contribution in [3.8, 4) is 0 Å². The van der Waals surface area contributed by atoms with E-state index < -0.39 is 0 Å². The van der Waals surface area contributed by atoms with Crippen molar-refractivity contribution in [3.05, 3.63) is 35.3 Å². The molecule has 0 atom stereocenters. The molecule has 2 amide bonds. The molecular weight excluding hydrogens is 218 g/mol. The Balaban J connectivity index is 1.83. The van der Waals surface area contributed by atoms with Crippen molar-refractivity contribution in [2.24, 2.45) is 0 Å². The molecule has 0 spiro atoms. The van der Waals surface area contributed by atoms with Gasteiger partial charge in [-0.2, -0.15) is 4.73 Å². The van der Waals surface area contributed by atoms with Gasteiger partial charge in [-0.15, -0.1) is 0 Å². The standard InChI is InChI=1S/C12H17N3O2/c16-12(14-6-2-1-3-7-14)13-9-11-5-4-8-15(17)10-11/h4-5,8,10H,1-3,6-7,9H2,(H,13,16). The largest absolute Gasteiger partial charge is 0.619 e. The van der Waals surface area contributed by atoms with Crippen LogP contribution in [0, 0.1) is 5.21 Å². The summed E-state index contributed by atoms with van der Waals surface area (Å²) in [6, 6.07) is 3.46. The first-order valence-corrected chi connectivity index (χ1v) is 5.96. The summed E-state index contributed by atoms with van der Waals surface area (Å²) in [6.07, 6.45) is 6.27. The predicted molar refractivity (Wildman–Crippen MR) is 63.1 cm³/mol. The molecule has 0 aliphatic carbocycles. The summed E-state index contributed by atoms with van der Waals surface area (Å²) in [6.45, 7) is 2.07. The zero-order chi connectivity index (χ0) is 12.1. The second kappa shape index (κ2) is 5.52. The lowest BCUT2D eigenvalue weighted by molar-refractivity contribution is -0.605.